The van der Waals surface area contributed by atoms with Crippen molar-refractivity contribution in [3.05, 3.63) is 17.7 Å². The summed E-state index contributed by atoms with van der Waals surface area (Å²) in [6.45, 7) is 4.81. The number of nitrogens with one attached hydrogen (secondary N) is 1. The molecule has 1 aromatic carbocycles. The third kappa shape index (κ3) is 2.94. The van der Waals surface area contributed by atoms with Crippen LogP contribution in [0.5, 0.6) is 17.2 Å². The van der Waals surface area contributed by atoms with Crippen LogP contribution >= 0.6 is 0 Å². The van der Waals surface area contributed by atoms with Gasteiger partial charge in [0.2, 0.25) is 0 Å². The molecular formula is C16H25NO4. The average molecular weight is 295 g/mol. The fourth-order valence-corrected chi connectivity index (χ4v) is 2.71. The highest BCUT2D eigenvalue weighted by Crippen LogP contribution is 2.41. The van der Waals surface area contributed by atoms with Crippen molar-refractivity contribution in [1.29, 1.82) is 0 Å². The van der Waals surface area contributed by atoms with E-state index in [1.165, 1.54) is 0 Å². The van der Waals surface area contributed by atoms with E-state index in [-0.39, 0.29) is 11.5 Å². The fraction of sp³-hybridized carbons (Fsp3) is 0.625. The summed E-state index contributed by atoms with van der Waals surface area (Å²) < 4.78 is 16.0. The minimum Gasteiger partial charge on any atom is -0.496 e. The molecule has 0 aromatic heterocycles. The van der Waals surface area contributed by atoms with Crippen LogP contribution in [0, 0.1) is 5.41 Å². The Kier molecular flexibility index (Phi) is 4.64. The maximum Gasteiger partial charge on any atom is 0.164 e. The molecule has 0 bridgehead atoms. The molecule has 0 spiro atoms. The lowest BCUT2D eigenvalue weighted by atomic mass is 9.64. The predicted molar refractivity (Wildman–Crippen MR) is 81.1 cm³/mol. The van der Waals surface area contributed by atoms with Crippen LogP contribution in [0.1, 0.15) is 25.8 Å². The zero-order valence-corrected chi connectivity index (χ0v) is 13.4. The first kappa shape index (κ1) is 15.9. The molecule has 1 saturated carbocycles. The Morgan fingerprint density at radius 2 is 1.67 bits per heavy atom. The van der Waals surface area contributed by atoms with Gasteiger partial charge in [-0.25, -0.2) is 0 Å². The second kappa shape index (κ2) is 6.12. The Balaban J connectivity index is 2.12. The summed E-state index contributed by atoms with van der Waals surface area (Å²) in [7, 11) is 4.86. The van der Waals surface area contributed by atoms with Crippen molar-refractivity contribution in [2.45, 2.75) is 39.0 Å². The summed E-state index contributed by atoms with van der Waals surface area (Å²) in [6, 6.07) is 4.05. The van der Waals surface area contributed by atoms with E-state index in [4.69, 9.17) is 14.2 Å². The van der Waals surface area contributed by atoms with Crippen molar-refractivity contribution in [2.75, 3.05) is 21.3 Å². The minimum atomic E-state index is -0.234. The van der Waals surface area contributed by atoms with Crippen LogP contribution in [0.25, 0.3) is 0 Å². The molecule has 1 aliphatic rings. The zero-order valence-electron chi connectivity index (χ0n) is 13.4. The van der Waals surface area contributed by atoms with Crippen LogP contribution in [0.15, 0.2) is 12.1 Å². The van der Waals surface area contributed by atoms with Crippen LogP contribution < -0.4 is 19.5 Å². The van der Waals surface area contributed by atoms with Gasteiger partial charge >= 0.3 is 0 Å². The van der Waals surface area contributed by atoms with Crippen LogP contribution in [0.2, 0.25) is 0 Å². The molecule has 2 atom stereocenters. The second-order valence-corrected chi connectivity index (χ2v) is 6.03. The molecule has 0 heterocycles. The standard InChI is InChI=1S/C16H25NO4/c1-16(2)14(8-15(16)18)17-9-10-6-12(20-4)13(21-5)7-11(10)19-3/h6-7,14-15,17-18H,8-9H2,1-5H3. The Labute approximate surface area is 126 Å². The van der Waals surface area contributed by atoms with Gasteiger partial charge in [-0.1, -0.05) is 13.8 Å². The summed E-state index contributed by atoms with van der Waals surface area (Å²) in [5.74, 6) is 2.10. The van der Waals surface area contributed by atoms with Gasteiger partial charge in [0.15, 0.2) is 11.5 Å². The van der Waals surface area contributed by atoms with Crippen LogP contribution in [0.4, 0.5) is 0 Å². The van der Waals surface area contributed by atoms with Crippen LogP contribution in [-0.2, 0) is 6.54 Å². The number of aliphatic hydroxyl groups excluding tert-OH is 1. The van der Waals surface area contributed by atoms with Gasteiger partial charge in [-0.3, -0.25) is 0 Å². The number of methoxy groups -OCH3 is 3. The normalized spacial score (nSPS) is 23.3. The van der Waals surface area contributed by atoms with Crippen LogP contribution in [-0.4, -0.2) is 38.6 Å². The van der Waals surface area contributed by atoms with Gasteiger partial charge in [-0.15, -0.1) is 0 Å². The number of aliphatic hydroxyl groups is 1. The molecule has 0 saturated heterocycles. The van der Waals surface area contributed by atoms with E-state index in [1.807, 2.05) is 12.1 Å². The highest BCUT2D eigenvalue weighted by atomic mass is 16.5. The van der Waals surface area contributed by atoms with Gasteiger partial charge in [0.05, 0.1) is 27.4 Å². The predicted octanol–water partition coefficient (Wildman–Crippen LogP) is 1.96. The molecule has 21 heavy (non-hydrogen) atoms. The first-order valence-electron chi connectivity index (χ1n) is 7.14. The number of ether oxygens (including phenoxy) is 3. The number of hydrogen-bond donors (Lipinski definition) is 2. The van der Waals surface area contributed by atoms with Gasteiger partial charge in [0, 0.05) is 29.6 Å². The van der Waals surface area contributed by atoms with E-state index in [1.54, 1.807) is 21.3 Å². The summed E-state index contributed by atoms with van der Waals surface area (Å²) >= 11 is 0. The third-order valence-electron chi connectivity index (χ3n) is 4.54. The molecule has 1 aliphatic carbocycles. The van der Waals surface area contributed by atoms with Crippen molar-refractivity contribution < 1.29 is 19.3 Å². The average Bonchev–Trinajstić information content (AvgIpc) is 2.50. The third-order valence-corrected chi connectivity index (χ3v) is 4.54. The van der Waals surface area contributed by atoms with E-state index in [9.17, 15) is 5.11 Å². The van der Waals surface area contributed by atoms with Crippen molar-refractivity contribution in [2.24, 2.45) is 5.41 Å². The molecule has 5 heteroatoms. The van der Waals surface area contributed by atoms with E-state index in [2.05, 4.69) is 19.2 Å². The first-order valence-corrected chi connectivity index (χ1v) is 7.14. The van der Waals surface area contributed by atoms with Crippen LogP contribution in [0.3, 0.4) is 0 Å². The molecule has 1 aromatic rings. The Morgan fingerprint density at radius 1 is 1.10 bits per heavy atom. The molecule has 0 aliphatic heterocycles. The van der Waals surface area contributed by atoms with E-state index in [0.717, 1.165) is 17.7 Å². The van der Waals surface area contributed by atoms with E-state index >= 15 is 0 Å². The smallest absolute Gasteiger partial charge is 0.164 e. The fourth-order valence-electron chi connectivity index (χ4n) is 2.71. The second-order valence-electron chi connectivity index (χ2n) is 6.03. The quantitative estimate of drug-likeness (QED) is 0.840. The van der Waals surface area contributed by atoms with Gasteiger partial charge < -0.3 is 24.6 Å². The van der Waals surface area contributed by atoms with Crippen molar-refractivity contribution in [1.82, 2.24) is 5.32 Å². The highest BCUT2D eigenvalue weighted by molar-refractivity contribution is 5.50. The van der Waals surface area contributed by atoms with E-state index < -0.39 is 0 Å². The molecule has 0 radical (unpaired) electrons. The largest absolute Gasteiger partial charge is 0.496 e. The molecule has 1 fully saturated rings. The van der Waals surface area contributed by atoms with Crippen molar-refractivity contribution >= 4 is 0 Å². The molecule has 2 rings (SSSR count). The summed E-state index contributed by atoms with van der Waals surface area (Å²) in [5, 5.41) is 13.3. The minimum absolute atomic E-state index is 0.0935. The van der Waals surface area contributed by atoms with Crippen molar-refractivity contribution in [3.8, 4) is 17.2 Å². The lowest BCUT2D eigenvalue weighted by Crippen LogP contribution is -2.59. The van der Waals surface area contributed by atoms with Crippen molar-refractivity contribution in [3.63, 3.8) is 0 Å². The first-order chi connectivity index (χ1) is 9.93. The molecule has 0 amide bonds. The lowest BCUT2D eigenvalue weighted by Gasteiger charge is -2.49. The monoisotopic (exact) mass is 295 g/mol. The van der Waals surface area contributed by atoms with Gasteiger partial charge in [0.25, 0.3) is 0 Å². The summed E-state index contributed by atoms with van der Waals surface area (Å²) in [5.41, 5.74) is 0.913. The lowest BCUT2D eigenvalue weighted by molar-refractivity contribution is -0.0730. The van der Waals surface area contributed by atoms with Gasteiger partial charge in [-0.2, -0.15) is 0 Å². The summed E-state index contributed by atoms with van der Waals surface area (Å²) in [4.78, 5) is 0. The Morgan fingerprint density at radius 3 is 2.14 bits per heavy atom. The Hall–Kier alpha value is -1.46. The topological polar surface area (TPSA) is 60.0 Å². The number of hydrogen-bond acceptors (Lipinski definition) is 5. The number of benzene rings is 1. The van der Waals surface area contributed by atoms with Gasteiger partial charge in [0.1, 0.15) is 5.75 Å². The maximum atomic E-state index is 9.79. The SMILES string of the molecule is COc1cc(OC)c(OC)cc1CNC1CC(O)C1(C)C. The summed E-state index contributed by atoms with van der Waals surface area (Å²) in [6.07, 6.45) is 0.546. The molecule has 118 valence electrons. The molecule has 5 nitrogen and oxygen atoms in total. The maximum absolute atomic E-state index is 9.79. The Bertz CT molecular complexity index is 501. The van der Waals surface area contributed by atoms with Gasteiger partial charge in [-0.05, 0) is 12.5 Å². The van der Waals surface area contributed by atoms with E-state index in [0.29, 0.717) is 24.1 Å². The highest BCUT2D eigenvalue weighted by Gasteiger charge is 2.46. The molecule has 2 unspecified atom stereocenters. The zero-order chi connectivity index (χ0) is 15.6. The number of rotatable bonds is 6. The molecular weight excluding hydrogens is 270 g/mol. The molecule has 2 N–H and O–H groups in total.